The van der Waals surface area contributed by atoms with Crippen molar-refractivity contribution in [1.82, 2.24) is 15.1 Å². The third-order valence-electron chi connectivity index (χ3n) is 3.61. The van der Waals surface area contributed by atoms with Gasteiger partial charge in [-0.2, -0.15) is 0 Å². The van der Waals surface area contributed by atoms with Crippen molar-refractivity contribution >= 4 is 12.0 Å². The van der Waals surface area contributed by atoms with Gasteiger partial charge in [0.05, 0.1) is 12.0 Å². The Hall–Kier alpha value is -1.34. The number of urea groups is 1. The van der Waals surface area contributed by atoms with Gasteiger partial charge >= 0.3 is 12.0 Å². The molecule has 0 aromatic rings. The summed E-state index contributed by atoms with van der Waals surface area (Å²) in [5.41, 5.74) is -1.43. The van der Waals surface area contributed by atoms with Gasteiger partial charge in [0.1, 0.15) is 0 Å². The number of carbonyl (C=O) groups is 2. The molecule has 20 heavy (non-hydrogen) atoms. The van der Waals surface area contributed by atoms with Gasteiger partial charge in [-0.05, 0) is 20.4 Å². The second kappa shape index (κ2) is 6.90. The molecule has 2 amide bonds. The van der Waals surface area contributed by atoms with E-state index < -0.39 is 18.0 Å². The molecule has 0 spiro atoms. The summed E-state index contributed by atoms with van der Waals surface area (Å²) in [4.78, 5) is 26.6. The molecule has 0 aliphatic carbocycles. The van der Waals surface area contributed by atoms with Crippen LogP contribution in [-0.2, 0) is 4.79 Å². The van der Waals surface area contributed by atoms with Gasteiger partial charge in [0, 0.05) is 32.2 Å². The maximum absolute atomic E-state index is 12.0. The zero-order valence-electron chi connectivity index (χ0n) is 12.4. The number of nitrogens with zero attached hydrogens (tertiary/aromatic N) is 2. The van der Waals surface area contributed by atoms with Gasteiger partial charge in [-0.3, -0.25) is 9.69 Å². The smallest absolute Gasteiger partial charge is 0.317 e. The monoisotopic (exact) mass is 287 g/mol. The molecule has 1 aliphatic heterocycles. The number of aliphatic carboxylic acids is 1. The van der Waals surface area contributed by atoms with E-state index in [0.29, 0.717) is 19.1 Å². The summed E-state index contributed by atoms with van der Waals surface area (Å²) in [6.45, 7) is 8.57. The Labute approximate surface area is 119 Å². The van der Waals surface area contributed by atoms with Crippen LogP contribution in [0.5, 0.6) is 0 Å². The molecule has 0 bridgehead atoms. The minimum Gasteiger partial charge on any atom is -0.481 e. The van der Waals surface area contributed by atoms with Crippen molar-refractivity contribution < 1.29 is 19.8 Å². The molecule has 1 heterocycles. The normalized spacial score (nSPS) is 23.2. The number of hydrogen-bond donors (Lipinski definition) is 3. The molecule has 7 nitrogen and oxygen atoms in total. The number of likely N-dealkylation sites (N-methyl/N-ethyl adjacent to an activating group) is 1. The second-order valence-electron chi connectivity index (χ2n) is 5.65. The van der Waals surface area contributed by atoms with Gasteiger partial charge < -0.3 is 20.4 Å². The molecule has 0 aromatic carbocycles. The lowest BCUT2D eigenvalue weighted by atomic mass is 10.0. The Kier molecular flexibility index (Phi) is 5.76. The van der Waals surface area contributed by atoms with Crippen LogP contribution in [0.4, 0.5) is 4.79 Å². The van der Waals surface area contributed by atoms with E-state index in [-0.39, 0.29) is 12.6 Å². The molecule has 2 atom stereocenters. The van der Waals surface area contributed by atoms with Crippen LogP contribution in [0.2, 0.25) is 0 Å². The summed E-state index contributed by atoms with van der Waals surface area (Å²) < 4.78 is 0. The van der Waals surface area contributed by atoms with Crippen LogP contribution in [0, 0.1) is 0 Å². The van der Waals surface area contributed by atoms with Crippen LogP contribution in [0.25, 0.3) is 0 Å². The molecule has 1 rings (SSSR count). The predicted molar refractivity (Wildman–Crippen MR) is 74.6 cm³/mol. The number of hydrogen-bond acceptors (Lipinski definition) is 4. The molecule has 1 fully saturated rings. The SMILES string of the molecule is CCN1CCN(C(=O)NCC(C)(O)CC(=O)O)CC1C. The van der Waals surface area contributed by atoms with Crippen molar-refractivity contribution in [2.24, 2.45) is 0 Å². The summed E-state index contributed by atoms with van der Waals surface area (Å²) in [7, 11) is 0. The minimum atomic E-state index is -1.43. The summed E-state index contributed by atoms with van der Waals surface area (Å²) in [5, 5.41) is 21.1. The maximum atomic E-state index is 12.0. The molecular weight excluding hydrogens is 262 g/mol. The van der Waals surface area contributed by atoms with Crippen molar-refractivity contribution in [2.75, 3.05) is 32.7 Å². The quantitative estimate of drug-likeness (QED) is 0.659. The number of amides is 2. The zero-order chi connectivity index (χ0) is 15.3. The largest absolute Gasteiger partial charge is 0.481 e. The Morgan fingerprint density at radius 1 is 1.40 bits per heavy atom. The number of carboxylic acid groups (broad SMARTS) is 1. The Bertz CT molecular complexity index is 360. The van der Waals surface area contributed by atoms with Crippen molar-refractivity contribution in [1.29, 1.82) is 0 Å². The van der Waals surface area contributed by atoms with Gasteiger partial charge in [0.25, 0.3) is 0 Å². The molecule has 1 aliphatic rings. The van der Waals surface area contributed by atoms with E-state index in [0.717, 1.165) is 13.1 Å². The lowest BCUT2D eigenvalue weighted by Gasteiger charge is -2.39. The van der Waals surface area contributed by atoms with Crippen LogP contribution in [0.1, 0.15) is 27.2 Å². The third-order valence-corrected chi connectivity index (χ3v) is 3.61. The summed E-state index contributed by atoms with van der Waals surface area (Å²) in [5.74, 6) is -1.09. The Morgan fingerprint density at radius 3 is 2.55 bits per heavy atom. The third kappa shape index (κ3) is 4.97. The van der Waals surface area contributed by atoms with Crippen molar-refractivity contribution in [2.45, 2.75) is 38.8 Å². The molecule has 3 N–H and O–H groups in total. The molecular formula is C13H25N3O4. The van der Waals surface area contributed by atoms with Crippen LogP contribution in [-0.4, -0.2) is 76.4 Å². The molecule has 7 heteroatoms. The highest BCUT2D eigenvalue weighted by atomic mass is 16.4. The number of piperazine rings is 1. The summed E-state index contributed by atoms with van der Waals surface area (Å²) in [6, 6.07) is 0.0531. The van der Waals surface area contributed by atoms with Crippen LogP contribution in [0.3, 0.4) is 0 Å². The molecule has 116 valence electrons. The fourth-order valence-electron chi connectivity index (χ4n) is 2.42. The van der Waals surface area contributed by atoms with Crippen molar-refractivity contribution in [3.05, 3.63) is 0 Å². The maximum Gasteiger partial charge on any atom is 0.317 e. The van der Waals surface area contributed by atoms with Crippen LogP contribution in [0.15, 0.2) is 0 Å². The van der Waals surface area contributed by atoms with E-state index >= 15 is 0 Å². The topological polar surface area (TPSA) is 93.1 Å². The van der Waals surface area contributed by atoms with Crippen LogP contribution < -0.4 is 5.32 Å². The lowest BCUT2D eigenvalue weighted by Crippen LogP contribution is -2.56. The lowest BCUT2D eigenvalue weighted by molar-refractivity contribution is -0.141. The van der Waals surface area contributed by atoms with Crippen molar-refractivity contribution in [3.63, 3.8) is 0 Å². The van der Waals surface area contributed by atoms with E-state index in [9.17, 15) is 14.7 Å². The highest BCUT2D eigenvalue weighted by molar-refractivity contribution is 5.74. The Balaban J connectivity index is 2.42. The fourth-order valence-corrected chi connectivity index (χ4v) is 2.42. The summed E-state index contributed by atoms with van der Waals surface area (Å²) in [6.07, 6.45) is -0.396. The first-order valence-corrected chi connectivity index (χ1v) is 6.96. The predicted octanol–water partition coefficient (Wildman–Crippen LogP) is -0.0523. The fraction of sp³-hybridized carbons (Fsp3) is 0.846. The molecule has 0 radical (unpaired) electrons. The number of nitrogens with one attached hydrogen (secondary N) is 1. The molecule has 2 unspecified atom stereocenters. The first kappa shape index (κ1) is 16.7. The zero-order valence-corrected chi connectivity index (χ0v) is 12.4. The average Bonchev–Trinajstić information content (AvgIpc) is 2.34. The Morgan fingerprint density at radius 2 is 2.05 bits per heavy atom. The first-order valence-electron chi connectivity index (χ1n) is 6.96. The number of aliphatic hydroxyl groups is 1. The number of carbonyl (C=O) groups excluding carboxylic acids is 1. The van der Waals surface area contributed by atoms with E-state index in [1.165, 1.54) is 6.92 Å². The van der Waals surface area contributed by atoms with Gasteiger partial charge in [-0.1, -0.05) is 6.92 Å². The molecule has 0 aromatic heterocycles. The van der Waals surface area contributed by atoms with Gasteiger partial charge in [-0.25, -0.2) is 4.79 Å². The standard InChI is InChI=1S/C13H25N3O4/c1-4-15-5-6-16(8-10(15)2)12(19)14-9-13(3,20)7-11(17)18/h10,20H,4-9H2,1-3H3,(H,14,19)(H,17,18). The number of rotatable bonds is 5. The van der Waals surface area contributed by atoms with Crippen LogP contribution >= 0.6 is 0 Å². The van der Waals surface area contributed by atoms with Gasteiger partial charge in [-0.15, -0.1) is 0 Å². The van der Waals surface area contributed by atoms with E-state index in [1.807, 2.05) is 0 Å². The van der Waals surface area contributed by atoms with E-state index in [1.54, 1.807) is 4.90 Å². The summed E-state index contributed by atoms with van der Waals surface area (Å²) >= 11 is 0. The van der Waals surface area contributed by atoms with Gasteiger partial charge in [0.15, 0.2) is 0 Å². The van der Waals surface area contributed by atoms with E-state index in [4.69, 9.17) is 5.11 Å². The first-order chi connectivity index (χ1) is 9.25. The van der Waals surface area contributed by atoms with Crippen molar-refractivity contribution in [3.8, 4) is 0 Å². The minimum absolute atomic E-state index is 0.0689. The highest BCUT2D eigenvalue weighted by Gasteiger charge is 2.28. The molecule has 0 saturated carbocycles. The average molecular weight is 287 g/mol. The molecule has 1 saturated heterocycles. The highest BCUT2D eigenvalue weighted by Crippen LogP contribution is 2.10. The van der Waals surface area contributed by atoms with E-state index in [2.05, 4.69) is 24.1 Å². The second-order valence-corrected chi connectivity index (χ2v) is 5.65. The van der Waals surface area contributed by atoms with Gasteiger partial charge in [0.2, 0.25) is 0 Å². The number of carboxylic acids is 1.